The van der Waals surface area contributed by atoms with Crippen LogP contribution >= 0.6 is 0 Å². The Morgan fingerprint density at radius 2 is 1.86 bits per heavy atom. The molecule has 0 aromatic heterocycles. The first kappa shape index (κ1) is 19.8. The summed E-state index contributed by atoms with van der Waals surface area (Å²) < 4.78 is 11.2. The van der Waals surface area contributed by atoms with E-state index in [0.717, 1.165) is 43.1 Å². The lowest BCUT2D eigenvalue weighted by atomic mass is 10.1. The quantitative estimate of drug-likeness (QED) is 0.738. The van der Waals surface area contributed by atoms with Gasteiger partial charge in [0.2, 0.25) is 5.91 Å². The van der Waals surface area contributed by atoms with Gasteiger partial charge in [-0.05, 0) is 48.2 Å². The highest BCUT2D eigenvalue weighted by Crippen LogP contribution is 2.21. The first-order valence-electron chi connectivity index (χ1n) is 9.36. The molecule has 28 heavy (non-hydrogen) atoms. The molecule has 0 radical (unpaired) electrons. The average molecular weight is 382 g/mol. The number of carbonyl (C=O) groups excluding carboxylic acids is 1. The Morgan fingerprint density at radius 1 is 1.14 bits per heavy atom. The molecule has 2 aromatic carbocycles. The molecule has 2 aromatic rings. The zero-order valence-electron chi connectivity index (χ0n) is 16.3. The number of nitrogens with one attached hydrogen (secondary N) is 1. The fourth-order valence-electron chi connectivity index (χ4n) is 2.75. The third-order valence-corrected chi connectivity index (χ3v) is 4.58. The van der Waals surface area contributed by atoms with Crippen LogP contribution in [0.3, 0.4) is 0 Å². The fraction of sp³-hybridized carbons (Fsp3) is 0.318. The molecule has 0 atom stereocenters. The highest BCUT2D eigenvalue weighted by atomic mass is 16.6. The van der Waals surface area contributed by atoms with Gasteiger partial charge in [0.15, 0.2) is 5.75 Å². The molecule has 0 aliphatic carbocycles. The fourth-order valence-corrected chi connectivity index (χ4v) is 2.75. The van der Waals surface area contributed by atoms with Crippen molar-refractivity contribution < 1.29 is 19.1 Å². The number of anilines is 1. The number of nitrogens with zero attached hydrogens (tertiary/aromatic N) is 1. The first-order chi connectivity index (χ1) is 13.6. The van der Waals surface area contributed by atoms with Crippen molar-refractivity contribution in [1.29, 1.82) is 0 Å². The molecule has 1 aliphatic rings. The van der Waals surface area contributed by atoms with Gasteiger partial charge < -0.3 is 19.2 Å². The number of hydrogen-bond acceptors (Lipinski definition) is 5. The van der Waals surface area contributed by atoms with Crippen molar-refractivity contribution in [2.45, 2.75) is 26.4 Å². The van der Waals surface area contributed by atoms with Crippen LogP contribution in [-0.4, -0.2) is 26.2 Å². The molecule has 0 spiro atoms. The molecule has 1 aliphatic heterocycles. The molecule has 1 amide bonds. The summed E-state index contributed by atoms with van der Waals surface area (Å²) in [6.07, 6.45) is 3.76. The molecule has 148 valence electrons. The average Bonchev–Trinajstić information content (AvgIpc) is 2.73. The lowest BCUT2D eigenvalue weighted by Gasteiger charge is -2.15. The minimum atomic E-state index is 0.00175. The van der Waals surface area contributed by atoms with E-state index in [1.54, 1.807) is 18.9 Å². The number of carbonyl (C=O) groups is 1. The molecular weight excluding hydrogens is 356 g/mol. The molecule has 0 unspecified atom stereocenters. The number of rotatable bonds is 7. The normalized spacial score (nSPS) is 13.6. The number of benzene rings is 2. The van der Waals surface area contributed by atoms with Crippen LogP contribution in [0.2, 0.25) is 0 Å². The van der Waals surface area contributed by atoms with Gasteiger partial charge in [-0.1, -0.05) is 18.2 Å². The van der Waals surface area contributed by atoms with Crippen LogP contribution in [0.5, 0.6) is 11.5 Å². The molecule has 1 saturated heterocycles. The van der Waals surface area contributed by atoms with Crippen LogP contribution in [0.25, 0.3) is 0 Å². The standard InChI is InChI=1S/C22H26N2O4/c1-17(25)24(2)20-8-6-19(7-9-20)16-27-21-4-3-5-22(14-21)28-23-15-18-10-12-26-13-11-18/h3-9,14-15,23H,10-13,16H2,1-2H3. The molecule has 3 rings (SSSR count). The Balaban J connectivity index is 1.51. The van der Waals surface area contributed by atoms with Gasteiger partial charge in [0.05, 0.1) is 13.2 Å². The second-order valence-corrected chi connectivity index (χ2v) is 6.64. The van der Waals surface area contributed by atoms with E-state index >= 15 is 0 Å². The molecule has 1 fully saturated rings. The topological polar surface area (TPSA) is 60.0 Å². The second kappa shape index (κ2) is 9.80. The summed E-state index contributed by atoms with van der Waals surface area (Å²) in [4.78, 5) is 18.6. The van der Waals surface area contributed by atoms with Crippen molar-refractivity contribution >= 4 is 11.6 Å². The number of hydrogen-bond donors (Lipinski definition) is 1. The van der Waals surface area contributed by atoms with Crippen molar-refractivity contribution in [2.24, 2.45) is 0 Å². The Labute approximate surface area is 165 Å². The van der Waals surface area contributed by atoms with Crippen LogP contribution in [0.4, 0.5) is 5.69 Å². The van der Waals surface area contributed by atoms with Gasteiger partial charge in [-0.2, -0.15) is 0 Å². The smallest absolute Gasteiger partial charge is 0.223 e. The third-order valence-electron chi connectivity index (χ3n) is 4.58. The zero-order chi connectivity index (χ0) is 19.8. The molecule has 1 N–H and O–H groups in total. The van der Waals surface area contributed by atoms with E-state index in [2.05, 4.69) is 5.48 Å². The van der Waals surface area contributed by atoms with Gasteiger partial charge in [0.1, 0.15) is 12.4 Å². The summed E-state index contributed by atoms with van der Waals surface area (Å²) in [5.74, 6) is 1.41. The maximum Gasteiger partial charge on any atom is 0.223 e. The van der Waals surface area contributed by atoms with Crippen molar-refractivity contribution in [3.8, 4) is 11.5 Å². The third kappa shape index (κ3) is 5.76. The van der Waals surface area contributed by atoms with Gasteiger partial charge in [-0.15, -0.1) is 0 Å². The van der Waals surface area contributed by atoms with E-state index in [1.807, 2.05) is 54.7 Å². The van der Waals surface area contributed by atoms with Crippen molar-refractivity contribution in [2.75, 3.05) is 25.2 Å². The van der Waals surface area contributed by atoms with E-state index in [0.29, 0.717) is 12.4 Å². The van der Waals surface area contributed by atoms with E-state index in [-0.39, 0.29) is 5.91 Å². The zero-order valence-corrected chi connectivity index (χ0v) is 16.3. The largest absolute Gasteiger partial charge is 0.489 e. The minimum absolute atomic E-state index is 0.00175. The summed E-state index contributed by atoms with van der Waals surface area (Å²) in [5, 5.41) is 0. The number of hydroxylamine groups is 1. The molecule has 6 nitrogen and oxygen atoms in total. The maximum absolute atomic E-state index is 11.4. The molecule has 6 heteroatoms. The van der Waals surface area contributed by atoms with Crippen molar-refractivity contribution in [3.05, 3.63) is 65.9 Å². The van der Waals surface area contributed by atoms with E-state index in [9.17, 15) is 4.79 Å². The van der Waals surface area contributed by atoms with E-state index < -0.39 is 0 Å². The maximum atomic E-state index is 11.4. The summed E-state index contributed by atoms with van der Waals surface area (Å²) in [7, 11) is 1.76. The summed E-state index contributed by atoms with van der Waals surface area (Å²) in [6.45, 7) is 3.51. The van der Waals surface area contributed by atoms with E-state index in [4.69, 9.17) is 14.3 Å². The summed E-state index contributed by atoms with van der Waals surface area (Å²) in [5.41, 5.74) is 6.06. The van der Waals surface area contributed by atoms with Crippen LogP contribution in [0, 0.1) is 0 Å². The Morgan fingerprint density at radius 3 is 2.57 bits per heavy atom. The number of ether oxygens (including phenoxy) is 2. The monoisotopic (exact) mass is 382 g/mol. The van der Waals surface area contributed by atoms with Crippen LogP contribution < -0.4 is 20.0 Å². The predicted molar refractivity (Wildman–Crippen MR) is 108 cm³/mol. The second-order valence-electron chi connectivity index (χ2n) is 6.64. The summed E-state index contributed by atoms with van der Waals surface area (Å²) >= 11 is 0. The van der Waals surface area contributed by atoms with Crippen LogP contribution in [-0.2, 0) is 16.1 Å². The van der Waals surface area contributed by atoms with Gasteiger partial charge in [-0.25, -0.2) is 5.48 Å². The molecular formula is C22H26N2O4. The highest BCUT2D eigenvalue weighted by Gasteiger charge is 2.06. The van der Waals surface area contributed by atoms with Gasteiger partial charge in [0.25, 0.3) is 0 Å². The predicted octanol–water partition coefficient (Wildman–Crippen LogP) is 3.83. The number of amides is 1. The molecule has 0 bridgehead atoms. The van der Waals surface area contributed by atoms with E-state index in [1.165, 1.54) is 5.57 Å². The van der Waals surface area contributed by atoms with Crippen molar-refractivity contribution in [1.82, 2.24) is 5.48 Å². The Kier molecular flexibility index (Phi) is 6.92. The minimum Gasteiger partial charge on any atom is -0.489 e. The molecule has 0 saturated carbocycles. The first-order valence-corrected chi connectivity index (χ1v) is 9.36. The van der Waals surface area contributed by atoms with Crippen LogP contribution in [0.15, 0.2) is 60.3 Å². The van der Waals surface area contributed by atoms with Gasteiger partial charge in [0, 0.05) is 31.9 Å². The van der Waals surface area contributed by atoms with Gasteiger partial charge >= 0.3 is 0 Å². The Bertz CT molecular complexity index is 810. The highest BCUT2D eigenvalue weighted by molar-refractivity contribution is 5.90. The molecule has 1 heterocycles. The Hall–Kier alpha value is -2.99. The lowest BCUT2D eigenvalue weighted by Crippen LogP contribution is -2.22. The summed E-state index contributed by atoms with van der Waals surface area (Å²) in [6, 6.07) is 15.2. The lowest BCUT2D eigenvalue weighted by molar-refractivity contribution is -0.116. The van der Waals surface area contributed by atoms with Gasteiger partial charge in [-0.3, -0.25) is 4.79 Å². The SMILES string of the molecule is CC(=O)N(C)c1ccc(COc2cccc(ONC=C3CCOCC3)c2)cc1. The van der Waals surface area contributed by atoms with Crippen LogP contribution in [0.1, 0.15) is 25.3 Å². The van der Waals surface area contributed by atoms with Crippen molar-refractivity contribution in [3.63, 3.8) is 0 Å².